The molecule has 7 atom stereocenters. The zero-order valence-corrected chi connectivity index (χ0v) is 25.9. The summed E-state index contributed by atoms with van der Waals surface area (Å²) in [7, 11) is -4.73. The Labute approximate surface area is 232 Å². The molecule has 3 saturated heterocycles. The summed E-state index contributed by atoms with van der Waals surface area (Å²) in [5, 5.41) is 2.67. The molecule has 1 aromatic carbocycles. The third kappa shape index (κ3) is 6.35. The molecule has 0 radical (unpaired) electrons. The number of benzene rings is 1. The van der Waals surface area contributed by atoms with Crippen LogP contribution in [0.2, 0.25) is 18.1 Å². The second-order valence-electron chi connectivity index (χ2n) is 12.2. The Hall–Kier alpha value is -1.58. The third-order valence-electron chi connectivity index (χ3n) is 7.82. The van der Waals surface area contributed by atoms with Gasteiger partial charge in [0, 0.05) is 7.11 Å². The van der Waals surface area contributed by atoms with Crippen LogP contribution in [0, 0.1) is 5.92 Å². The highest BCUT2D eigenvalue weighted by atomic mass is 32.2. The van der Waals surface area contributed by atoms with Gasteiger partial charge in [-0.3, -0.25) is 8.98 Å². The number of nitrogens with one attached hydrogen (secondary N) is 1. The number of carbonyl (C=O) groups excluding carboxylic acids is 1. The topological polar surface area (TPSA) is 128 Å². The van der Waals surface area contributed by atoms with Crippen molar-refractivity contribution >= 4 is 24.3 Å². The standard InChI is InChI=1S/C26H41NO10SSi/c1-15-22(28)27-23(15)33-18(19-20(31-7)21-24(34-19)36-26(5,6)35-21)14-32-38(29,30)17-12-10-16(11-13-17)37-39(8,9)25(2,3)4/h10-13,15,18-21,23-24H,14H2,1-9H3,(H,27,28)/t15-,18+,19+,20-,21+,23-,24+/m0/s1. The van der Waals surface area contributed by atoms with Gasteiger partial charge in [-0.25, -0.2) is 0 Å². The fraction of sp³-hybridized carbons (Fsp3) is 0.731. The van der Waals surface area contributed by atoms with Crippen LogP contribution in [0.5, 0.6) is 5.75 Å². The minimum absolute atomic E-state index is 0.0000289. The number of amides is 1. The molecule has 4 rings (SSSR count). The summed E-state index contributed by atoms with van der Waals surface area (Å²) in [5.74, 6) is -0.822. The van der Waals surface area contributed by atoms with Crippen LogP contribution in [0.3, 0.4) is 0 Å². The summed E-state index contributed by atoms with van der Waals surface area (Å²) in [6.07, 6.45) is -4.20. The van der Waals surface area contributed by atoms with Gasteiger partial charge >= 0.3 is 0 Å². The minimum atomic E-state index is -4.15. The van der Waals surface area contributed by atoms with E-state index in [9.17, 15) is 13.2 Å². The minimum Gasteiger partial charge on any atom is -0.544 e. The van der Waals surface area contributed by atoms with Crippen LogP contribution < -0.4 is 9.74 Å². The van der Waals surface area contributed by atoms with Gasteiger partial charge < -0.3 is 33.4 Å². The zero-order chi connectivity index (χ0) is 29.0. The smallest absolute Gasteiger partial charge is 0.297 e. The van der Waals surface area contributed by atoms with E-state index in [0.29, 0.717) is 5.75 Å². The number of carbonyl (C=O) groups is 1. The van der Waals surface area contributed by atoms with Gasteiger partial charge in [0.1, 0.15) is 36.4 Å². The van der Waals surface area contributed by atoms with Crippen LogP contribution in [0.25, 0.3) is 0 Å². The van der Waals surface area contributed by atoms with E-state index in [1.54, 1.807) is 32.9 Å². The van der Waals surface area contributed by atoms with Crippen molar-refractivity contribution in [2.24, 2.45) is 5.92 Å². The van der Waals surface area contributed by atoms with Gasteiger partial charge in [-0.2, -0.15) is 8.42 Å². The molecule has 220 valence electrons. The third-order valence-corrected chi connectivity index (χ3v) is 13.5. The fourth-order valence-corrected chi connectivity index (χ4v) is 6.36. The molecule has 3 fully saturated rings. The molecule has 1 N–H and O–H groups in total. The first kappa shape index (κ1) is 30.4. The van der Waals surface area contributed by atoms with Gasteiger partial charge in [0.05, 0.1) is 17.4 Å². The van der Waals surface area contributed by atoms with Gasteiger partial charge in [-0.15, -0.1) is 0 Å². The monoisotopic (exact) mass is 587 g/mol. The van der Waals surface area contributed by atoms with Crippen LogP contribution in [0.4, 0.5) is 0 Å². The van der Waals surface area contributed by atoms with E-state index in [1.165, 1.54) is 19.2 Å². The molecule has 3 aliphatic heterocycles. The van der Waals surface area contributed by atoms with Crippen LogP contribution >= 0.6 is 0 Å². The average molecular weight is 588 g/mol. The van der Waals surface area contributed by atoms with Crippen LogP contribution in [0.1, 0.15) is 41.5 Å². The maximum absolute atomic E-state index is 13.1. The number of hydrogen-bond donors (Lipinski definition) is 1. The molecule has 1 amide bonds. The van der Waals surface area contributed by atoms with Crippen molar-refractivity contribution in [3.8, 4) is 5.75 Å². The molecule has 1 aromatic rings. The first-order valence-electron chi connectivity index (χ1n) is 13.1. The Bertz CT molecular complexity index is 1150. The van der Waals surface area contributed by atoms with Crippen molar-refractivity contribution in [2.45, 2.75) is 107 Å². The predicted molar refractivity (Wildman–Crippen MR) is 143 cm³/mol. The molecule has 3 aliphatic rings. The van der Waals surface area contributed by atoms with Crippen molar-refractivity contribution in [2.75, 3.05) is 13.7 Å². The number of ether oxygens (including phenoxy) is 5. The van der Waals surface area contributed by atoms with Gasteiger partial charge in [0.2, 0.25) is 14.2 Å². The molecule has 0 saturated carbocycles. The maximum atomic E-state index is 13.1. The lowest BCUT2D eigenvalue weighted by Crippen LogP contribution is -2.61. The second kappa shape index (κ2) is 10.7. The summed E-state index contributed by atoms with van der Waals surface area (Å²) in [5.41, 5.74) is 0. The first-order chi connectivity index (χ1) is 17.9. The molecular weight excluding hydrogens is 546 g/mol. The Morgan fingerprint density at radius 3 is 2.31 bits per heavy atom. The Balaban J connectivity index is 1.47. The quantitative estimate of drug-likeness (QED) is 0.248. The van der Waals surface area contributed by atoms with Crippen LogP contribution in [0.15, 0.2) is 29.2 Å². The summed E-state index contributed by atoms with van der Waals surface area (Å²) in [6, 6.07) is 6.18. The van der Waals surface area contributed by atoms with E-state index in [1.807, 2.05) is 0 Å². The molecule has 0 bridgehead atoms. The number of β-lactam (4-membered cyclic amide) rings is 1. The van der Waals surface area contributed by atoms with E-state index >= 15 is 0 Å². The molecule has 11 nitrogen and oxygen atoms in total. The molecular formula is C26H41NO10SSi. The predicted octanol–water partition coefficient (Wildman–Crippen LogP) is 3.14. The largest absolute Gasteiger partial charge is 0.544 e. The molecule has 39 heavy (non-hydrogen) atoms. The number of hydrogen-bond acceptors (Lipinski definition) is 10. The van der Waals surface area contributed by atoms with Gasteiger partial charge in [0.25, 0.3) is 10.1 Å². The number of methoxy groups -OCH3 is 1. The SMILES string of the molecule is CO[C@@H]1[C@H]2OC(C)(C)O[C@H]2O[C@@H]1[C@@H](COS(=O)(=O)c1ccc(O[Si](C)(C)C(C)(C)C)cc1)O[C@@H]1NC(=O)[C@@H]1C. The second-order valence-corrected chi connectivity index (χ2v) is 18.6. The van der Waals surface area contributed by atoms with E-state index in [4.69, 9.17) is 32.3 Å². The number of rotatable bonds is 10. The van der Waals surface area contributed by atoms with E-state index in [-0.39, 0.29) is 22.4 Å². The molecule has 13 heteroatoms. The zero-order valence-electron chi connectivity index (χ0n) is 24.0. The molecule has 0 aromatic heterocycles. The van der Waals surface area contributed by atoms with Crippen molar-refractivity contribution in [1.29, 1.82) is 0 Å². The number of fused-ring (bicyclic) bond motifs is 1. The van der Waals surface area contributed by atoms with Gasteiger partial charge in [0.15, 0.2) is 12.1 Å². The summed E-state index contributed by atoms with van der Waals surface area (Å²) in [6.45, 7) is 15.5. The molecule has 0 spiro atoms. The fourth-order valence-electron chi connectivity index (χ4n) is 4.41. The lowest BCUT2D eigenvalue weighted by atomic mass is 10.0. The van der Waals surface area contributed by atoms with Crippen LogP contribution in [-0.2, 0) is 42.8 Å². The van der Waals surface area contributed by atoms with E-state index < -0.39 is 67.1 Å². The van der Waals surface area contributed by atoms with Gasteiger partial charge in [-0.05, 0) is 63.2 Å². The van der Waals surface area contributed by atoms with E-state index in [0.717, 1.165) is 0 Å². The molecule has 0 unspecified atom stereocenters. The lowest BCUT2D eigenvalue weighted by Gasteiger charge is -2.39. The maximum Gasteiger partial charge on any atom is 0.297 e. The summed E-state index contributed by atoms with van der Waals surface area (Å²) in [4.78, 5) is 11.7. The summed E-state index contributed by atoms with van der Waals surface area (Å²) < 4.78 is 67.6. The average Bonchev–Trinajstić information content (AvgIpc) is 3.31. The normalized spacial score (nSPS) is 31.4. The van der Waals surface area contributed by atoms with Crippen molar-refractivity contribution < 1.29 is 45.5 Å². The van der Waals surface area contributed by atoms with Crippen molar-refractivity contribution in [1.82, 2.24) is 5.32 Å². The highest BCUT2D eigenvalue weighted by Crippen LogP contribution is 2.41. The first-order valence-corrected chi connectivity index (χ1v) is 17.4. The highest BCUT2D eigenvalue weighted by molar-refractivity contribution is 7.86. The summed E-state index contributed by atoms with van der Waals surface area (Å²) >= 11 is 0. The van der Waals surface area contributed by atoms with Crippen LogP contribution in [-0.4, -0.2) is 79.1 Å². The Morgan fingerprint density at radius 1 is 1.13 bits per heavy atom. The van der Waals surface area contributed by atoms with Crippen molar-refractivity contribution in [3.05, 3.63) is 24.3 Å². The molecule has 0 aliphatic carbocycles. The van der Waals surface area contributed by atoms with Gasteiger partial charge in [-0.1, -0.05) is 20.8 Å². The Morgan fingerprint density at radius 2 is 1.77 bits per heavy atom. The van der Waals surface area contributed by atoms with E-state index in [2.05, 4.69) is 39.2 Å². The Kier molecular flexibility index (Phi) is 8.31. The highest BCUT2D eigenvalue weighted by Gasteiger charge is 2.58. The van der Waals surface area contributed by atoms with Crippen molar-refractivity contribution in [3.63, 3.8) is 0 Å². The lowest BCUT2D eigenvalue weighted by molar-refractivity contribution is -0.241. The molecule has 3 heterocycles.